The van der Waals surface area contributed by atoms with E-state index < -0.39 is 5.56 Å². The number of carbonyl (C=O) groups is 2. The highest BCUT2D eigenvalue weighted by atomic mass is 16.5. The van der Waals surface area contributed by atoms with Crippen molar-refractivity contribution in [2.75, 3.05) is 18.5 Å². The number of aromatic amines is 1. The highest BCUT2D eigenvalue weighted by Crippen LogP contribution is 2.18. The standard InChI is InChI=1S/C21H24N4O4/c1-4-23-20(27)12-29-16-7-5-15(6-8-16)25-19(26)10-9-17-13(2)18(11-22)21(28)24-14(17)3/h5-8H,4,9-10,12H2,1-3H3,(H,23,27)(H,24,28)(H,25,26). The number of anilines is 1. The Balaban J connectivity index is 1.93. The molecule has 0 radical (unpaired) electrons. The van der Waals surface area contributed by atoms with Gasteiger partial charge in [-0.3, -0.25) is 14.4 Å². The smallest absolute Gasteiger partial charge is 0.266 e. The average molecular weight is 396 g/mol. The lowest BCUT2D eigenvalue weighted by Gasteiger charge is -2.11. The van der Waals surface area contributed by atoms with Gasteiger partial charge in [0.1, 0.15) is 17.4 Å². The fourth-order valence-electron chi connectivity index (χ4n) is 2.91. The van der Waals surface area contributed by atoms with Crippen LogP contribution >= 0.6 is 0 Å². The molecule has 0 unspecified atom stereocenters. The maximum atomic E-state index is 12.3. The Hall–Kier alpha value is -3.60. The molecule has 152 valence electrons. The molecule has 1 aromatic heterocycles. The van der Waals surface area contributed by atoms with Crippen LogP contribution in [0, 0.1) is 25.2 Å². The molecule has 2 aromatic rings. The number of ether oxygens (including phenoxy) is 1. The summed E-state index contributed by atoms with van der Waals surface area (Å²) in [6.45, 7) is 5.78. The number of aromatic nitrogens is 1. The van der Waals surface area contributed by atoms with Gasteiger partial charge in [0.25, 0.3) is 11.5 Å². The van der Waals surface area contributed by atoms with Crippen LogP contribution in [0.1, 0.15) is 35.7 Å². The summed E-state index contributed by atoms with van der Waals surface area (Å²) in [6.07, 6.45) is 0.608. The van der Waals surface area contributed by atoms with Crippen LogP contribution in [0.4, 0.5) is 5.69 Å². The van der Waals surface area contributed by atoms with E-state index in [9.17, 15) is 14.4 Å². The molecule has 0 atom stereocenters. The summed E-state index contributed by atoms with van der Waals surface area (Å²) in [5, 5.41) is 14.6. The number of hydrogen-bond donors (Lipinski definition) is 3. The summed E-state index contributed by atoms with van der Waals surface area (Å²) in [6, 6.07) is 8.63. The van der Waals surface area contributed by atoms with Gasteiger partial charge in [-0.05, 0) is 62.6 Å². The SMILES string of the molecule is CCNC(=O)COc1ccc(NC(=O)CCc2c(C)[nH]c(=O)c(C#N)c2C)cc1. The lowest BCUT2D eigenvalue weighted by Crippen LogP contribution is -2.28. The molecule has 3 N–H and O–H groups in total. The second kappa shape index (κ2) is 10.1. The third-order valence-corrected chi connectivity index (χ3v) is 4.40. The summed E-state index contributed by atoms with van der Waals surface area (Å²) in [5.41, 5.74) is 2.33. The molecule has 29 heavy (non-hydrogen) atoms. The number of amides is 2. The minimum Gasteiger partial charge on any atom is -0.484 e. The van der Waals surface area contributed by atoms with Gasteiger partial charge in [-0.1, -0.05) is 0 Å². The summed E-state index contributed by atoms with van der Waals surface area (Å²) >= 11 is 0. The number of H-pyrrole nitrogens is 1. The largest absolute Gasteiger partial charge is 0.484 e. The van der Waals surface area contributed by atoms with Crippen molar-refractivity contribution in [3.8, 4) is 11.8 Å². The molecule has 8 nitrogen and oxygen atoms in total. The maximum Gasteiger partial charge on any atom is 0.266 e. The van der Waals surface area contributed by atoms with Gasteiger partial charge in [0.05, 0.1) is 0 Å². The van der Waals surface area contributed by atoms with Crippen molar-refractivity contribution in [3.63, 3.8) is 0 Å². The molecule has 0 bridgehead atoms. The van der Waals surface area contributed by atoms with Crippen molar-refractivity contribution in [3.05, 3.63) is 57.0 Å². The molecule has 0 aliphatic carbocycles. The molecular formula is C21H24N4O4. The maximum absolute atomic E-state index is 12.3. The zero-order valence-electron chi connectivity index (χ0n) is 16.7. The summed E-state index contributed by atoms with van der Waals surface area (Å²) in [7, 11) is 0. The van der Waals surface area contributed by atoms with E-state index in [2.05, 4.69) is 15.6 Å². The molecule has 8 heteroatoms. The Labute approximate surface area is 168 Å². The van der Waals surface area contributed by atoms with Gasteiger partial charge in [-0.15, -0.1) is 0 Å². The molecule has 2 amide bonds. The van der Waals surface area contributed by atoms with E-state index >= 15 is 0 Å². The number of hydrogen-bond acceptors (Lipinski definition) is 5. The highest BCUT2D eigenvalue weighted by molar-refractivity contribution is 5.90. The molecule has 0 aliphatic rings. The summed E-state index contributed by atoms with van der Waals surface area (Å²) in [4.78, 5) is 38.1. The number of benzene rings is 1. The van der Waals surface area contributed by atoms with Crippen molar-refractivity contribution < 1.29 is 14.3 Å². The summed E-state index contributed by atoms with van der Waals surface area (Å²) in [5.74, 6) is 0.138. The Bertz CT molecular complexity index is 987. The van der Waals surface area contributed by atoms with Gasteiger partial charge < -0.3 is 20.4 Å². The number of aryl methyl sites for hydroxylation is 1. The third kappa shape index (κ3) is 5.94. The van der Waals surface area contributed by atoms with E-state index in [1.807, 2.05) is 13.0 Å². The van der Waals surface area contributed by atoms with Crippen molar-refractivity contribution in [1.29, 1.82) is 5.26 Å². The normalized spacial score (nSPS) is 10.1. The van der Waals surface area contributed by atoms with Crippen molar-refractivity contribution in [2.24, 2.45) is 0 Å². The van der Waals surface area contributed by atoms with Crippen molar-refractivity contribution >= 4 is 17.5 Å². The minimum atomic E-state index is -0.412. The van der Waals surface area contributed by atoms with E-state index in [4.69, 9.17) is 10.00 Å². The molecule has 0 spiro atoms. The second-order valence-corrected chi connectivity index (χ2v) is 6.48. The molecule has 0 aliphatic heterocycles. The first-order valence-corrected chi connectivity index (χ1v) is 9.27. The molecule has 0 saturated heterocycles. The number of rotatable bonds is 8. The Morgan fingerprint density at radius 1 is 1.17 bits per heavy atom. The Morgan fingerprint density at radius 2 is 1.86 bits per heavy atom. The minimum absolute atomic E-state index is 0.0674. The predicted molar refractivity (Wildman–Crippen MR) is 109 cm³/mol. The van der Waals surface area contributed by atoms with Crippen LogP contribution in [0.3, 0.4) is 0 Å². The number of pyridine rings is 1. The van der Waals surface area contributed by atoms with E-state index in [1.165, 1.54) is 0 Å². The first-order chi connectivity index (χ1) is 13.8. The van der Waals surface area contributed by atoms with E-state index in [0.29, 0.717) is 35.7 Å². The second-order valence-electron chi connectivity index (χ2n) is 6.48. The Kier molecular flexibility index (Phi) is 7.54. The van der Waals surface area contributed by atoms with Crippen LogP contribution in [0.25, 0.3) is 0 Å². The molecule has 2 rings (SSSR count). The van der Waals surface area contributed by atoms with E-state index in [-0.39, 0.29) is 30.4 Å². The van der Waals surface area contributed by atoms with Gasteiger partial charge in [-0.25, -0.2) is 0 Å². The van der Waals surface area contributed by atoms with Gasteiger partial charge in [0.15, 0.2) is 6.61 Å². The number of carbonyl (C=O) groups excluding carboxylic acids is 2. The molecular weight excluding hydrogens is 372 g/mol. The predicted octanol–water partition coefficient (Wildman–Crippen LogP) is 1.95. The van der Waals surface area contributed by atoms with Crippen LogP contribution in [0.15, 0.2) is 29.1 Å². The molecule has 0 saturated carbocycles. The van der Waals surface area contributed by atoms with Crippen LogP contribution in [0.2, 0.25) is 0 Å². The van der Waals surface area contributed by atoms with E-state index in [1.54, 1.807) is 38.1 Å². The first kappa shape index (κ1) is 21.7. The monoisotopic (exact) mass is 396 g/mol. The fourth-order valence-corrected chi connectivity index (χ4v) is 2.91. The van der Waals surface area contributed by atoms with Crippen LogP contribution in [0.5, 0.6) is 5.75 Å². The Morgan fingerprint density at radius 3 is 2.48 bits per heavy atom. The number of likely N-dealkylation sites (N-methyl/N-ethyl adjacent to an activating group) is 1. The van der Waals surface area contributed by atoms with Crippen LogP contribution < -0.4 is 20.9 Å². The lowest BCUT2D eigenvalue weighted by atomic mass is 9.99. The summed E-state index contributed by atoms with van der Waals surface area (Å²) < 4.78 is 5.36. The first-order valence-electron chi connectivity index (χ1n) is 9.27. The van der Waals surface area contributed by atoms with E-state index in [0.717, 1.165) is 5.56 Å². The van der Waals surface area contributed by atoms with Crippen LogP contribution in [-0.2, 0) is 16.0 Å². The van der Waals surface area contributed by atoms with Crippen molar-refractivity contribution in [1.82, 2.24) is 10.3 Å². The van der Waals surface area contributed by atoms with Gasteiger partial charge in [0.2, 0.25) is 5.91 Å². The van der Waals surface area contributed by atoms with Gasteiger partial charge in [-0.2, -0.15) is 5.26 Å². The molecule has 1 aromatic carbocycles. The average Bonchev–Trinajstić information content (AvgIpc) is 2.67. The zero-order chi connectivity index (χ0) is 21.4. The number of nitriles is 1. The quantitative estimate of drug-likeness (QED) is 0.629. The fraction of sp³-hybridized carbons (Fsp3) is 0.333. The van der Waals surface area contributed by atoms with Crippen molar-refractivity contribution in [2.45, 2.75) is 33.6 Å². The molecule has 1 heterocycles. The van der Waals surface area contributed by atoms with Gasteiger partial charge >= 0.3 is 0 Å². The highest BCUT2D eigenvalue weighted by Gasteiger charge is 2.13. The molecule has 0 fully saturated rings. The zero-order valence-corrected chi connectivity index (χ0v) is 16.7. The van der Waals surface area contributed by atoms with Gasteiger partial charge in [0, 0.05) is 24.3 Å². The number of nitrogens with one attached hydrogen (secondary N) is 3. The number of nitrogens with zero attached hydrogens (tertiary/aromatic N) is 1. The third-order valence-electron chi connectivity index (χ3n) is 4.40. The lowest BCUT2D eigenvalue weighted by molar-refractivity contribution is -0.123. The topological polar surface area (TPSA) is 124 Å². The van der Waals surface area contributed by atoms with Crippen LogP contribution in [-0.4, -0.2) is 29.9 Å².